The molecule has 9 heteroatoms. The quantitative estimate of drug-likeness (QED) is 0.322. The third-order valence-corrected chi connectivity index (χ3v) is 7.67. The number of carbonyl (C=O) groups is 2. The van der Waals surface area contributed by atoms with Gasteiger partial charge in [-0.2, -0.15) is 0 Å². The van der Waals surface area contributed by atoms with E-state index >= 15 is 0 Å². The van der Waals surface area contributed by atoms with Crippen molar-refractivity contribution in [3.8, 4) is 17.1 Å². The Bertz CT molecular complexity index is 1340. The number of Topliss-reactive ketones (excluding diaryl/α,β-unsaturated/α-hetero) is 1. The van der Waals surface area contributed by atoms with Crippen LogP contribution in [0.2, 0.25) is 0 Å². The van der Waals surface area contributed by atoms with Crippen LogP contribution in [0.15, 0.2) is 48.6 Å². The zero-order chi connectivity index (χ0) is 25.6. The van der Waals surface area contributed by atoms with Crippen LogP contribution in [0.5, 0.6) is 5.75 Å². The Hall–Kier alpha value is -3.40. The molecule has 1 unspecified atom stereocenters. The number of aldehydes is 1. The van der Waals surface area contributed by atoms with Gasteiger partial charge < -0.3 is 24.9 Å². The number of morpholine rings is 1. The number of phenolic OH excluding ortho intramolecular Hbond substituents is 1. The summed E-state index contributed by atoms with van der Waals surface area (Å²) in [4.78, 5) is 35.6. The van der Waals surface area contributed by atoms with Gasteiger partial charge in [0.05, 0.1) is 23.4 Å². The number of rotatable bonds is 9. The van der Waals surface area contributed by atoms with E-state index in [4.69, 9.17) is 14.7 Å². The molecular weight excluding hydrogens is 488 g/mol. The fraction of sp³-hybridized carbons (Fsp3) is 0.357. The van der Waals surface area contributed by atoms with Crippen molar-refractivity contribution in [3.63, 3.8) is 0 Å². The van der Waals surface area contributed by atoms with Gasteiger partial charge in [-0.3, -0.25) is 4.79 Å². The molecule has 2 aliphatic rings. The molecule has 0 amide bonds. The summed E-state index contributed by atoms with van der Waals surface area (Å²) >= 11 is 1.71. The Kier molecular flexibility index (Phi) is 8.03. The lowest BCUT2D eigenvalue weighted by Crippen LogP contribution is -2.36. The van der Waals surface area contributed by atoms with Crippen molar-refractivity contribution in [2.75, 3.05) is 37.7 Å². The van der Waals surface area contributed by atoms with E-state index in [0.29, 0.717) is 31.9 Å². The predicted octanol–water partition coefficient (Wildman–Crippen LogP) is 4.14. The van der Waals surface area contributed by atoms with Crippen LogP contribution in [-0.2, 0) is 14.3 Å². The number of aromatic nitrogens is 2. The molecule has 0 radical (unpaired) electrons. The number of aromatic hydroxyl groups is 1. The Morgan fingerprint density at radius 2 is 2.11 bits per heavy atom. The molecule has 4 heterocycles. The summed E-state index contributed by atoms with van der Waals surface area (Å²) in [6, 6.07) is 9.22. The number of ketones is 1. The molecule has 1 atom stereocenters. The van der Waals surface area contributed by atoms with E-state index in [1.165, 1.54) is 5.57 Å². The van der Waals surface area contributed by atoms with Crippen LogP contribution in [0.1, 0.15) is 30.6 Å². The van der Waals surface area contributed by atoms with E-state index in [9.17, 15) is 14.7 Å². The average molecular weight is 519 g/mol. The maximum atomic E-state index is 11.9. The van der Waals surface area contributed by atoms with Crippen molar-refractivity contribution in [1.82, 2.24) is 15.3 Å². The lowest BCUT2D eigenvalue weighted by Gasteiger charge is -2.28. The molecule has 2 aliphatic heterocycles. The SMILES string of the molecule is O=CCCC(=O)CC=CC1C=C(c2cc3nc(-c4cccc(O)c4)nc(N4CCOCC4)c3s2)CCN1. The molecule has 1 aromatic carbocycles. The van der Waals surface area contributed by atoms with Crippen LogP contribution in [-0.4, -0.2) is 66.0 Å². The highest BCUT2D eigenvalue weighted by molar-refractivity contribution is 7.20. The van der Waals surface area contributed by atoms with Gasteiger partial charge in [0.15, 0.2) is 11.6 Å². The number of nitrogens with zero attached hydrogens (tertiary/aromatic N) is 3. The number of thiophene rings is 1. The summed E-state index contributed by atoms with van der Waals surface area (Å²) in [6.07, 6.45) is 8.72. The molecule has 5 rings (SSSR count). The molecule has 0 spiro atoms. The fourth-order valence-corrected chi connectivity index (χ4v) is 5.73. The van der Waals surface area contributed by atoms with Crippen LogP contribution in [0.25, 0.3) is 27.2 Å². The molecule has 3 aromatic rings. The molecule has 8 nitrogen and oxygen atoms in total. The number of phenols is 1. The molecule has 192 valence electrons. The highest BCUT2D eigenvalue weighted by Gasteiger charge is 2.22. The van der Waals surface area contributed by atoms with Crippen LogP contribution in [0, 0.1) is 0 Å². The van der Waals surface area contributed by atoms with Gasteiger partial charge in [0.25, 0.3) is 0 Å². The number of allylic oxidation sites excluding steroid dienone is 1. The standard InChI is InChI=1S/C28H30N4O4S/c33-13-3-8-22(34)6-2-5-21-16-19(9-10-29-21)25-18-24-26(37-25)28(32-11-14-36-15-12-32)31-27(30-24)20-4-1-7-23(35)17-20/h1-2,4-5,7,13,16-18,21,29,35H,3,6,8-12,14-15H2. The summed E-state index contributed by atoms with van der Waals surface area (Å²) in [5.41, 5.74) is 2.91. The topological polar surface area (TPSA) is 105 Å². The summed E-state index contributed by atoms with van der Waals surface area (Å²) in [5.74, 6) is 1.76. The highest BCUT2D eigenvalue weighted by atomic mass is 32.1. The minimum absolute atomic E-state index is 0.0421. The van der Waals surface area contributed by atoms with Crippen LogP contribution < -0.4 is 10.2 Å². The molecule has 0 bridgehead atoms. The van der Waals surface area contributed by atoms with Crippen molar-refractivity contribution < 1.29 is 19.4 Å². The Balaban J connectivity index is 1.45. The van der Waals surface area contributed by atoms with Gasteiger partial charge in [0, 0.05) is 55.4 Å². The number of carbonyl (C=O) groups excluding carboxylic acids is 2. The Morgan fingerprint density at radius 3 is 2.92 bits per heavy atom. The van der Waals surface area contributed by atoms with E-state index in [1.54, 1.807) is 29.5 Å². The van der Waals surface area contributed by atoms with Crippen molar-refractivity contribution in [2.45, 2.75) is 31.7 Å². The number of benzene rings is 1. The second-order valence-electron chi connectivity index (χ2n) is 9.14. The molecule has 1 fully saturated rings. The zero-order valence-corrected chi connectivity index (χ0v) is 21.4. The lowest BCUT2D eigenvalue weighted by atomic mass is 10.0. The van der Waals surface area contributed by atoms with Crippen LogP contribution in [0.4, 0.5) is 5.82 Å². The van der Waals surface area contributed by atoms with Crippen molar-refractivity contribution >= 4 is 45.0 Å². The molecule has 2 aromatic heterocycles. The van der Waals surface area contributed by atoms with Crippen molar-refractivity contribution in [2.24, 2.45) is 0 Å². The summed E-state index contributed by atoms with van der Waals surface area (Å²) in [5, 5.41) is 13.5. The molecule has 37 heavy (non-hydrogen) atoms. The molecule has 2 N–H and O–H groups in total. The van der Waals surface area contributed by atoms with Crippen LogP contribution >= 0.6 is 11.3 Å². The first-order chi connectivity index (χ1) is 18.1. The zero-order valence-electron chi connectivity index (χ0n) is 20.6. The van der Waals surface area contributed by atoms with Gasteiger partial charge in [-0.05, 0) is 30.2 Å². The number of anilines is 1. The summed E-state index contributed by atoms with van der Waals surface area (Å²) in [7, 11) is 0. The summed E-state index contributed by atoms with van der Waals surface area (Å²) < 4.78 is 6.62. The lowest BCUT2D eigenvalue weighted by molar-refractivity contribution is -0.120. The normalized spacial score (nSPS) is 18.3. The van der Waals surface area contributed by atoms with Crippen molar-refractivity contribution in [3.05, 3.63) is 53.4 Å². The number of fused-ring (bicyclic) bond motifs is 1. The largest absolute Gasteiger partial charge is 0.508 e. The van der Waals surface area contributed by atoms with Gasteiger partial charge in [-0.1, -0.05) is 30.4 Å². The minimum atomic E-state index is 0.0421. The summed E-state index contributed by atoms with van der Waals surface area (Å²) in [6.45, 7) is 3.69. The molecule has 1 saturated heterocycles. The highest BCUT2D eigenvalue weighted by Crippen LogP contribution is 2.38. The first kappa shape index (κ1) is 25.3. The van der Waals surface area contributed by atoms with Gasteiger partial charge in [0.2, 0.25) is 0 Å². The first-order valence-corrected chi connectivity index (χ1v) is 13.4. The van der Waals surface area contributed by atoms with Crippen molar-refractivity contribution in [1.29, 1.82) is 0 Å². The first-order valence-electron chi connectivity index (χ1n) is 12.6. The van der Waals surface area contributed by atoms with E-state index in [0.717, 1.165) is 58.8 Å². The van der Waals surface area contributed by atoms with E-state index < -0.39 is 0 Å². The van der Waals surface area contributed by atoms with Crippen LogP contribution in [0.3, 0.4) is 0 Å². The maximum absolute atomic E-state index is 11.9. The number of ether oxygens (including phenoxy) is 1. The number of hydrogen-bond donors (Lipinski definition) is 2. The Labute approximate surface area is 219 Å². The third kappa shape index (κ3) is 6.12. The maximum Gasteiger partial charge on any atom is 0.162 e. The second kappa shape index (κ2) is 11.8. The molecule has 0 saturated carbocycles. The molecule has 0 aliphatic carbocycles. The monoisotopic (exact) mass is 518 g/mol. The fourth-order valence-electron chi connectivity index (χ4n) is 4.57. The van der Waals surface area contributed by atoms with E-state index in [-0.39, 0.29) is 24.0 Å². The van der Waals surface area contributed by atoms with E-state index in [2.05, 4.69) is 22.4 Å². The Morgan fingerprint density at radius 1 is 1.24 bits per heavy atom. The number of hydrogen-bond acceptors (Lipinski definition) is 9. The van der Waals surface area contributed by atoms with Gasteiger partial charge in [-0.25, -0.2) is 9.97 Å². The average Bonchev–Trinajstić information content (AvgIpc) is 3.36. The van der Waals surface area contributed by atoms with E-state index in [1.807, 2.05) is 18.2 Å². The third-order valence-electron chi connectivity index (χ3n) is 6.47. The van der Waals surface area contributed by atoms with Gasteiger partial charge in [-0.15, -0.1) is 11.3 Å². The van der Waals surface area contributed by atoms with Gasteiger partial charge >= 0.3 is 0 Å². The molecular formula is C28H30N4O4S. The smallest absolute Gasteiger partial charge is 0.162 e. The van der Waals surface area contributed by atoms with Gasteiger partial charge in [0.1, 0.15) is 17.8 Å². The minimum Gasteiger partial charge on any atom is -0.508 e. The number of nitrogens with one attached hydrogen (secondary N) is 1. The second-order valence-corrected chi connectivity index (χ2v) is 10.2. The predicted molar refractivity (Wildman–Crippen MR) is 146 cm³/mol.